The first-order valence-electron chi connectivity index (χ1n) is 5.17. The van der Waals surface area contributed by atoms with Crippen LogP contribution in [0.2, 0.25) is 0 Å². The lowest BCUT2D eigenvalue weighted by molar-refractivity contribution is 0.0652. The summed E-state index contributed by atoms with van der Waals surface area (Å²) < 4.78 is 0. The number of nitrogens with two attached hydrogens (primary N) is 1. The highest BCUT2D eigenvalue weighted by Gasteiger charge is 2.27. The van der Waals surface area contributed by atoms with Gasteiger partial charge in [0, 0.05) is 31.2 Å². The van der Waals surface area contributed by atoms with Crippen molar-refractivity contribution in [3.8, 4) is 0 Å². The second-order valence-electron chi connectivity index (χ2n) is 3.96. The molecule has 1 aliphatic rings. The third-order valence-electron chi connectivity index (χ3n) is 3.03. The van der Waals surface area contributed by atoms with Crippen LogP contribution in [-0.2, 0) is 0 Å². The van der Waals surface area contributed by atoms with E-state index in [1.54, 1.807) is 17.2 Å². The Kier molecular flexibility index (Phi) is 4.12. The molecule has 2 N–H and O–H groups in total. The van der Waals surface area contributed by atoms with Crippen molar-refractivity contribution >= 4 is 24.0 Å². The normalized spacial score (nSPS) is 14.8. The standard InChI is InChI=1S/C11H15N3O.ClH/c1-14(8-3-2-4-8)11(15)9-7-13-6-5-10(9)12;/h5-8H,2-4H2,1H3,(H2,12,13);1H. The number of pyridine rings is 1. The van der Waals surface area contributed by atoms with Gasteiger partial charge in [0.15, 0.2) is 0 Å². The van der Waals surface area contributed by atoms with Crippen LogP contribution in [0, 0.1) is 0 Å². The van der Waals surface area contributed by atoms with E-state index < -0.39 is 0 Å². The molecule has 0 radical (unpaired) electrons. The molecule has 0 spiro atoms. The largest absolute Gasteiger partial charge is 0.398 e. The number of hydrogen-bond acceptors (Lipinski definition) is 3. The molecule has 0 aliphatic heterocycles. The highest BCUT2D eigenvalue weighted by Crippen LogP contribution is 2.25. The highest BCUT2D eigenvalue weighted by atomic mass is 35.5. The van der Waals surface area contributed by atoms with Crippen LogP contribution in [-0.4, -0.2) is 28.9 Å². The molecule has 1 heterocycles. The van der Waals surface area contributed by atoms with Crippen molar-refractivity contribution in [1.29, 1.82) is 0 Å². The first-order valence-corrected chi connectivity index (χ1v) is 5.17. The molecule has 0 aromatic carbocycles. The Hall–Kier alpha value is -1.29. The van der Waals surface area contributed by atoms with Crippen molar-refractivity contribution in [1.82, 2.24) is 9.88 Å². The molecule has 0 atom stereocenters. The lowest BCUT2D eigenvalue weighted by atomic mass is 9.91. The Labute approximate surface area is 101 Å². The van der Waals surface area contributed by atoms with Gasteiger partial charge in [-0.3, -0.25) is 9.78 Å². The number of aromatic nitrogens is 1. The molecule has 88 valence electrons. The van der Waals surface area contributed by atoms with Crippen molar-refractivity contribution in [2.75, 3.05) is 12.8 Å². The molecular weight excluding hydrogens is 226 g/mol. The molecule has 1 fully saturated rings. The third kappa shape index (κ3) is 2.27. The van der Waals surface area contributed by atoms with Crippen LogP contribution < -0.4 is 5.73 Å². The van der Waals surface area contributed by atoms with Crippen molar-refractivity contribution in [2.45, 2.75) is 25.3 Å². The average Bonchev–Trinajstić information content (AvgIpc) is 2.15. The summed E-state index contributed by atoms with van der Waals surface area (Å²) in [5, 5.41) is 0. The number of nitrogens with zero attached hydrogens (tertiary/aromatic N) is 2. The van der Waals surface area contributed by atoms with E-state index in [9.17, 15) is 4.79 Å². The molecule has 0 unspecified atom stereocenters. The molecule has 16 heavy (non-hydrogen) atoms. The van der Waals surface area contributed by atoms with E-state index in [4.69, 9.17) is 5.73 Å². The number of amides is 1. The Balaban J connectivity index is 0.00000128. The number of anilines is 1. The van der Waals surface area contributed by atoms with Gasteiger partial charge >= 0.3 is 0 Å². The van der Waals surface area contributed by atoms with E-state index in [2.05, 4.69) is 4.98 Å². The van der Waals surface area contributed by atoms with Gasteiger partial charge in [0.2, 0.25) is 0 Å². The fourth-order valence-electron chi connectivity index (χ4n) is 1.71. The molecule has 1 aromatic heterocycles. The first kappa shape index (κ1) is 12.8. The predicted molar refractivity (Wildman–Crippen MR) is 65.6 cm³/mol. The van der Waals surface area contributed by atoms with Gasteiger partial charge in [0.1, 0.15) is 0 Å². The summed E-state index contributed by atoms with van der Waals surface area (Å²) >= 11 is 0. The summed E-state index contributed by atoms with van der Waals surface area (Å²) in [6, 6.07) is 2.04. The van der Waals surface area contributed by atoms with Gasteiger partial charge in [0.25, 0.3) is 5.91 Å². The average molecular weight is 242 g/mol. The van der Waals surface area contributed by atoms with Gasteiger partial charge in [-0.15, -0.1) is 12.4 Å². The van der Waals surface area contributed by atoms with Crippen LogP contribution in [0.1, 0.15) is 29.6 Å². The van der Waals surface area contributed by atoms with Gasteiger partial charge in [-0.1, -0.05) is 0 Å². The minimum Gasteiger partial charge on any atom is -0.398 e. The minimum atomic E-state index is -0.0229. The van der Waals surface area contributed by atoms with Gasteiger partial charge in [-0.2, -0.15) is 0 Å². The Morgan fingerprint density at radius 2 is 2.25 bits per heavy atom. The molecule has 1 amide bonds. The smallest absolute Gasteiger partial charge is 0.257 e. The zero-order chi connectivity index (χ0) is 10.8. The molecule has 5 heteroatoms. The number of hydrogen-bond donors (Lipinski definition) is 1. The van der Waals surface area contributed by atoms with E-state index in [1.807, 2.05) is 7.05 Å². The van der Waals surface area contributed by atoms with Gasteiger partial charge in [0.05, 0.1) is 5.56 Å². The molecule has 1 aromatic rings. The van der Waals surface area contributed by atoms with Crippen LogP contribution in [0.5, 0.6) is 0 Å². The van der Waals surface area contributed by atoms with Crippen LogP contribution in [0.25, 0.3) is 0 Å². The minimum absolute atomic E-state index is 0. The molecular formula is C11H16ClN3O. The molecule has 0 saturated heterocycles. The topological polar surface area (TPSA) is 59.2 Å². The number of nitrogen functional groups attached to an aromatic ring is 1. The summed E-state index contributed by atoms with van der Waals surface area (Å²) in [7, 11) is 1.83. The predicted octanol–water partition coefficient (Wildman–Crippen LogP) is 1.71. The number of carbonyl (C=O) groups is 1. The highest BCUT2D eigenvalue weighted by molar-refractivity contribution is 5.98. The van der Waals surface area contributed by atoms with E-state index in [0.717, 1.165) is 12.8 Å². The van der Waals surface area contributed by atoms with Crippen molar-refractivity contribution in [3.63, 3.8) is 0 Å². The van der Waals surface area contributed by atoms with E-state index in [0.29, 0.717) is 17.3 Å². The van der Waals surface area contributed by atoms with Crippen molar-refractivity contribution in [3.05, 3.63) is 24.0 Å². The quantitative estimate of drug-likeness (QED) is 0.858. The number of halogens is 1. The second-order valence-corrected chi connectivity index (χ2v) is 3.96. The first-order chi connectivity index (χ1) is 7.20. The lowest BCUT2D eigenvalue weighted by Gasteiger charge is -2.34. The zero-order valence-electron chi connectivity index (χ0n) is 9.22. The number of rotatable bonds is 2. The van der Waals surface area contributed by atoms with Crippen LogP contribution in [0.3, 0.4) is 0 Å². The molecule has 1 aliphatic carbocycles. The van der Waals surface area contributed by atoms with Crippen molar-refractivity contribution in [2.24, 2.45) is 0 Å². The van der Waals surface area contributed by atoms with Crippen LogP contribution >= 0.6 is 12.4 Å². The summed E-state index contributed by atoms with van der Waals surface area (Å²) in [6.07, 6.45) is 6.54. The van der Waals surface area contributed by atoms with Gasteiger partial charge < -0.3 is 10.6 Å². The van der Waals surface area contributed by atoms with Crippen molar-refractivity contribution < 1.29 is 4.79 Å². The fourth-order valence-corrected chi connectivity index (χ4v) is 1.71. The fraction of sp³-hybridized carbons (Fsp3) is 0.455. The molecule has 1 saturated carbocycles. The van der Waals surface area contributed by atoms with E-state index in [1.165, 1.54) is 12.6 Å². The van der Waals surface area contributed by atoms with Crippen LogP contribution in [0.15, 0.2) is 18.5 Å². The third-order valence-corrected chi connectivity index (χ3v) is 3.03. The number of carbonyl (C=O) groups excluding carboxylic acids is 1. The maximum absolute atomic E-state index is 12.0. The molecule has 4 nitrogen and oxygen atoms in total. The van der Waals surface area contributed by atoms with Crippen LogP contribution in [0.4, 0.5) is 5.69 Å². The van der Waals surface area contributed by atoms with E-state index >= 15 is 0 Å². The SMILES string of the molecule is CN(C(=O)c1cnccc1N)C1CCC1.Cl. The monoisotopic (exact) mass is 241 g/mol. The summed E-state index contributed by atoms with van der Waals surface area (Å²) in [5.41, 5.74) is 6.74. The summed E-state index contributed by atoms with van der Waals surface area (Å²) in [6.45, 7) is 0. The van der Waals surface area contributed by atoms with Gasteiger partial charge in [-0.25, -0.2) is 0 Å². The maximum Gasteiger partial charge on any atom is 0.257 e. The maximum atomic E-state index is 12.0. The summed E-state index contributed by atoms with van der Waals surface area (Å²) in [4.78, 5) is 17.7. The van der Waals surface area contributed by atoms with E-state index in [-0.39, 0.29) is 18.3 Å². The Bertz CT molecular complexity index is 379. The zero-order valence-corrected chi connectivity index (χ0v) is 10.0. The summed E-state index contributed by atoms with van der Waals surface area (Å²) in [5.74, 6) is -0.0229. The van der Waals surface area contributed by atoms with Gasteiger partial charge in [-0.05, 0) is 25.3 Å². The molecule has 0 bridgehead atoms. The molecule has 2 rings (SSSR count). The Morgan fingerprint density at radius 3 is 2.75 bits per heavy atom. The Morgan fingerprint density at radius 1 is 1.56 bits per heavy atom. The lowest BCUT2D eigenvalue weighted by Crippen LogP contribution is -2.41. The second kappa shape index (κ2) is 5.16.